The number of hydrogen-bond donors (Lipinski definition) is 2. The molecule has 0 spiro atoms. The van der Waals surface area contributed by atoms with Crippen LogP contribution in [0.25, 0.3) is 0 Å². The lowest BCUT2D eigenvalue weighted by molar-refractivity contribution is 0.0705. The van der Waals surface area contributed by atoms with Crippen LogP contribution >= 0.6 is 0 Å². The number of fused-ring (bicyclic) bond motifs is 1. The van der Waals surface area contributed by atoms with E-state index in [1.807, 2.05) is 12.1 Å². The number of ether oxygens (including phenoxy) is 2. The summed E-state index contributed by atoms with van der Waals surface area (Å²) in [6, 6.07) is 6.01. The Labute approximate surface area is 186 Å². The number of H-pyrrole nitrogens is 1. The van der Waals surface area contributed by atoms with Gasteiger partial charge in [0, 0.05) is 25.3 Å². The predicted molar refractivity (Wildman–Crippen MR) is 123 cm³/mol. The highest BCUT2D eigenvalue weighted by Crippen LogP contribution is 2.29. The highest BCUT2D eigenvalue weighted by molar-refractivity contribution is 5.43. The molecular formula is C24H38N4O3. The van der Waals surface area contributed by atoms with Crippen molar-refractivity contribution in [3.8, 4) is 11.5 Å². The van der Waals surface area contributed by atoms with Crippen LogP contribution < -0.4 is 9.47 Å². The van der Waals surface area contributed by atoms with Crippen LogP contribution in [0.15, 0.2) is 18.2 Å². The summed E-state index contributed by atoms with van der Waals surface area (Å²) in [6.45, 7) is 8.49. The van der Waals surface area contributed by atoms with Crippen molar-refractivity contribution in [2.75, 3.05) is 40.4 Å². The summed E-state index contributed by atoms with van der Waals surface area (Å²) in [5.41, 5.74) is 5.06. The molecule has 7 nitrogen and oxygen atoms in total. The molecule has 1 aliphatic rings. The predicted octanol–water partition coefficient (Wildman–Crippen LogP) is 3.01. The Morgan fingerprint density at radius 1 is 1.13 bits per heavy atom. The van der Waals surface area contributed by atoms with E-state index in [0.717, 1.165) is 44.6 Å². The third kappa shape index (κ3) is 6.45. The first kappa shape index (κ1) is 23.6. The van der Waals surface area contributed by atoms with Gasteiger partial charge in [0.1, 0.15) is 12.7 Å². The van der Waals surface area contributed by atoms with E-state index in [1.54, 1.807) is 7.11 Å². The van der Waals surface area contributed by atoms with E-state index in [4.69, 9.17) is 9.47 Å². The molecule has 0 saturated heterocycles. The molecule has 1 aromatic heterocycles. The average molecular weight is 431 g/mol. The zero-order valence-electron chi connectivity index (χ0n) is 19.5. The maximum Gasteiger partial charge on any atom is 0.161 e. The molecule has 0 amide bonds. The molecule has 1 aromatic carbocycles. The van der Waals surface area contributed by atoms with E-state index in [9.17, 15) is 5.11 Å². The van der Waals surface area contributed by atoms with Crippen molar-refractivity contribution >= 4 is 0 Å². The average Bonchev–Trinajstić information content (AvgIpc) is 3.19. The fourth-order valence-corrected chi connectivity index (χ4v) is 4.25. The zero-order valence-corrected chi connectivity index (χ0v) is 19.5. The lowest BCUT2D eigenvalue weighted by Crippen LogP contribution is -2.35. The lowest BCUT2D eigenvalue weighted by Gasteiger charge is -2.22. The topological polar surface area (TPSA) is 73.9 Å². The van der Waals surface area contributed by atoms with Crippen molar-refractivity contribution in [3.63, 3.8) is 0 Å². The Morgan fingerprint density at radius 2 is 1.90 bits per heavy atom. The molecular weight excluding hydrogens is 392 g/mol. The number of likely N-dealkylation sites (N-methyl/N-ethyl adjacent to an activating group) is 1. The maximum atomic E-state index is 10.3. The Kier molecular flexibility index (Phi) is 8.75. The number of aryl methyl sites for hydroxylation is 1. The maximum absolute atomic E-state index is 10.3. The minimum Gasteiger partial charge on any atom is -0.493 e. The first-order chi connectivity index (χ1) is 15.0. The fourth-order valence-electron chi connectivity index (χ4n) is 4.25. The van der Waals surface area contributed by atoms with Gasteiger partial charge in [-0.3, -0.25) is 10.00 Å². The number of aromatic nitrogens is 2. The second-order valence-corrected chi connectivity index (χ2v) is 8.44. The van der Waals surface area contributed by atoms with Gasteiger partial charge in [-0.2, -0.15) is 5.10 Å². The van der Waals surface area contributed by atoms with Gasteiger partial charge in [0.15, 0.2) is 11.5 Å². The molecule has 0 saturated carbocycles. The lowest BCUT2D eigenvalue weighted by atomic mass is 9.96. The van der Waals surface area contributed by atoms with Crippen molar-refractivity contribution in [1.82, 2.24) is 20.0 Å². The number of hydrogen-bond acceptors (Lipinski definition) is 6. The van der Waals surface area contributed by atoms with E-state index in [2.05, 4.69) is 47.0 Å². The molecule has 0 radical (unpaired) electrons. The summed E-state index contributed by atoms with van der Waals surface area (Å²) in [6.07, 6.45) is 4.23. The fraction of sp³-hybridized carbons (Fsp3) is 0.625. The number of aliphatic hydroxyl groups is 1. The molecule has 1 aliphatic carbocycles. The van der Waals surface area contributed by atoms with E-state index in [0.29, 0.717) is 18.0 Å². The molecule has 0 fully saturated rings. The van der Waals surface area contributed by atoms with Crippen molar-refractivity contribution in [2.45, 2.75) is 58.7 Å². The Balaban J connectivity index is 1.56. The molecule has 1 heterocycles. The normalized spacial score (nSPS) is 14.7. The summed E-state index contributed by atoms with van der Waals surface area (Å²) in [4.78, 5) is 4.45. The summed E-state index contributed by atoms with van der Waals surface area (Å²) in [5, 5.41) is 18.1. The summed E-state index contributed by atoms with van der Waals surface area (Å²) >= 11 is 0. The largest absolute Gasteiger partial charge is 0.493 e. The Bertz CT molecular complexity index is 819. The van der Waals surface area contributed by atoms with E-state index in [1.165, 1.54) is 29.8 Å². The van der Waals surface area contributed by atoms with Crippen LogP contribution in [-0.2, 0) is 25.9 Å². The molecule has 0 unspecified atom stereocenters. The number of aromatic amines is 1. The van der Waals surface area contributed by atoms with E-state index < -0.39 is 6.10 Å². The van der Waals surface area contributed by atoms with Crippen LogP contribution in [0.1, 0.15) is 49.2 Å². The van der Waals surface area contributed by atoms with Crippen LogP contribution in [-0.4, -0.2) is 71.6 Å². The summed E-state index contributed by atoms with van der Waals surface area (Å²) < 4.78 is 11.4. The molecule has 31 heavy (non-hydrogen) atoms. The number of nitrogens with one attached hydrogen (secondary N) is 1. The number of methoxy groups -OCH3 is 1. The monoisotopic (exact) mass is 430 g/mol. The van der Waals surface area contributed by atoms with Crippen molar-refractivity contribution in [1.29, 1.82) is 0 Å². The molecule has 2 N–H and O–H groups in total. The summed E-state index contributed by atoms with van der Waals surface area (Å²) in [7, 11) is 3.77. The highest BCUT2D eigenvalue weighted by Gasteiger charge is 2.18. The first-order valence-corrected chi connectivity index (χ1v) is 11.5. The van der Waals surface area contributed by atoms with Crippen LogP contribution in [0.5, 0.6) is 11.5 Å². The van der Waals surface area contributed by atoms with E-state index >= 15 is 0 Å². The van der Waals surface area contributed by atoms with Crippen LogP contribution in [0.3, 0.4) is 0 Å². The van der Waals surface area contributed by atoms with E-state index in [-0.39, 0.29) is 6.61 Å². The second-order valence-electron chi connectivity index (χ2n) is 8.44. The standard InChI is InChI=1S/C24H38N4O3/c1-5-28(6-2)15-19(29)17-31-23-12-11-18(13-24(23)30-4)14-27(3)16-22-20-9-7-8-10-21(20)25-26-22/h11-13,19,29H,5-10,14-17H2,1-4H3,(H,25,26)/t19-/m0/s1. The van der Waals surface area contributed by atoms with Gasteiger partial charge >= 0.3 is 0 Å². The van der Waals surface area contributed by atoms with Crippen molar-refractivity contribution < 1.29 is 14.6 Å². The smallest absolute Gasteiger partial charge is 0.161 e. The van der Waals surface area contributed by atoms with Gasteiger partial charge in [-0.25, -0.2) is 0 Å². The van der Waals surface area contributed by atoms with Gasteiger partial charge < -0.3 is 19.5 Å². The van der Waals surface area contributed by atoms with Crippen LogP contribution in [0.4, 0.5) is 0 Å². The van der Waals surface area contributed by atoms with Crippen molar-refractivity contribution in [2.24, 2.45) is 0 Å². The van der Waals surface area contributed by atoms with Crippen molar-refractivity contribution in [3.05, 3.63) is 40.7 Å². The number of rotatable bonds is 12. The summed E-state index contributed by atoms with van der Waals surface area (Å²) in [5.74, 6) is 1.35. The van der Waals surface area contributed by atoms with Gasteiger partial charge in [-0.05, 0) is 69.1 Å². The number of nitrogens with zero attached hydrogens (tertiary/aromatic N) is 3. The van der Waals surface area contributed by atoms with Gasteiger partial charge in [0.05, 0.1) is 12.8 Å². The first-order valence-electron chi connectivity index (χ1n) is 11.5. The molecule has 3 rings (SSSR count). The third-order valence-corrected chi connectivity index (χ3v) is 6.04. The number of aliphatic hydroxyl groups excluding tert-OH is 1. The van der Waals surface area contributed by atoms with Gasteiger partial charge in [0.25, 0.3) is 0 Å². The zero-order chi connectivity index (χ0) is 22.2. The van der Waals surface area contributed by atoms with Crippen LogP contribution in [0.2, 0.25) is 0 Å². The van der Waals surface area contributed by atoms with Crippen LogP contribution in [0, 0.1) is 0 Å². The SMILES string of the molecule is CCN(CC)C[C@H](O)COc1ccc(CN(C)Cc2n[nH]c3c2CCCC3)cc1OC. The molecule has 2 aromatic rings. The molecule has 1 atom stereocenters. The Hall–Kier alpha value is -2.09. The second kappa shape index (κ2) is 11.5. The number of benzene rings is 1. The van der Waals surface area contributed by atoms with Gasteiger partial charge in [0.2, 0.25) is 0 Å². The highest BCUT2D eigenvalue weighted by atomic mass is 16.5. The van der Waals surface area contributed by atoms with Gasteiger partial charge in [-0.1, -0.05) is 19.9 Å². The Morgan fingerprint density at radius 3 is 2.65 bits per heavy atom. The molecule has 172 valence electrons. The molecule has 7 heteroatoms. The third-order valence-electron chi connectivity index (χ3n) is 6.04. The minimum atomic E-state index is -0.532. The van der Waals surface area contributed by atoms with Gasteiger partial charge in [-0.15, -0.1) is 0 Å². The quantitative estimate of drug-likeness (QED) is 0.539. The minimum absolute atomic E-state index is 0.246. The molecule has 0 bridgehead atoms. The molecule has 0 aliphatic heterocycles.